The van der Waals surface area contributed by atoms with E-state index in [0.717, 1.165) is 96.3 Å². The predicted octanol–water partition coefficient (Wildman–Crippen LogP) is 23.8. The molecule has 0 amide bonds. The van der Waals surface area contributed by atoms with Gasteiger partial charge in [-0.1, -0.05) is 297 Å². The molecule has 0 aromatic carbocycles. The lowest BCUT2D eigenvalue weighted by Crippen LogP contribution is -2.30. The first-order valence-corrected chi connectivity index (χ1v) is 34.4. The minimum Gasteiger partial charge on any atom is -0.462 e. The second-order valence-corrected chi connectivity index (χ2v) is 22.7. The summed E-state index contributed by atoms with van der Waals surface area (Å²) in [5, 5.41) is 0. The van der Waals surface area contributed by atoms with Crippen molar-refractivity contribution < 1.29 is 28.6 Å². The number of ether oxygens (including phenoxy) is 3. The fraction of sp³-hybridized carbons (Fsp3) is 0.720. The molecule has 0 saturated heterocycles. The molecule has 1 unspecified atom stereocenters. The molecule has 0 N–H and O–H groups in total. The first-order chi connectivity index (χ1) is 40.0. The highest BCUT2D eigenvalue weighted by atomic mass is 16.6. The number of unbranched alkanes of at least 4 members (excludes halogenated alkanes) is 33. The quantitative estimate of drug-likeness (QED) is 0.0261. The predicted molar refractivity (Wildman–Crippen MR) is 353 cm³/mol. The normalized spacial score (nSPS) is 12.8. The Morgan fingerprint density at radius 3 is 0.790 bits per heavy atom. The van der Waals surface area contributed by atoms with Crippen molar-refractivity contribution >= 4 is 17.9 Å². The SMILES string of the molecule is CC/C=C\C/C=C\C/C=C\C/C=C\CCCCC(=O)OCC(COC(=O)CCCCCCCCCCCCCCCCCCCCCCC/C=C\CCCCCCCCCC)OC(=O)CCCC/C=C\C/C=C\C/C=C\C/C=C\CC. The van der Waals surface area contributed by atoms with Crippen LogP contribution < -0.4 is 0 Å². The Kier molecular flexibility index (Phi) is 65.2. The summed E-state index contributed by atoms with van der Waals surface area (Å²) in [5.74, 6) is -0.985. The maximum Gasteiger partial charge on any atom is 0.306 e. The fourth-order valence-electron chi connectivity index (χ4n) is 9.66. The highest BCUT2D eigenvalue weighted by Crippen LogP contribution is 2.17. The van der Waals surface area contributed by atoms with Crippen LogP contribution in [0, 0.1) is 0 Å². The van der Waals surface area contributed by atoms with Crippen LogP contribution in [0.5, 0.6) is 0 Å². The molecular weight excluding hydrogens is 997 g/mol. The van der Waals surface area contributed by atoms with Gasteiger partial charge in [0.15, 0.2) is 6.10 Å². The number of carbonyl (C=O) groups excluding carboxylic acids is 3. The molecule has 0 fully saturated rings. The minimum absolute atomic E-state index is 0.107. The average Bonchev–Trinajstić information content (AvgIpc) is 3.47. The van der Waals surface area contributed by atoms with Gasteiger partial charge in [-0.3, -0.25) is 14.4 Å². The zero-order chi connectivity index (χ0) is 58.5. The van der Waals surface area contributed by atoms with Gasteiger partial charge < -0.3 is 14.2 Å². The molecule has 6 heteroatoms. The van der Waals surface area contributed by atoms with Gasteiger partial charge >= 0.3 is 17.9 Å². The summed E-state index contributed by atoms with van der Waals surface area (Å²) < 4.78 is 16.9. The van der Waals surface area contributed by atoms with Crippen molar-refractivity contribution in [3.05, 3.63) is 109 Å². The highest BCUT2D eigenvalue weighted by molar-refractivity contribution is 5.71. The lowest BCUT2D eigenvalue weighted by molar-refractivity contribution is -0.167. The van der Waals surface area contributed by atoms with Crippen LogP contribution in [0.4, 0.5) is 0 Å². The summed E-state index contributed by atoms with van der Waals surface area (Å²) in [6.07, 6.45) is 94.3. The van der Waals surface area contributed by atoms with Gasteiger partial charge in [0.25, 0.3) is 0 Å². The smallest absolute Gasteiger partial charge is 0.306 e. The number of allylic oxidation sites excluding steroid dienone is 18. The summed E-state index contributed by atoms with van der Waals surface area (Å²) in [6, 6.07) is 0. The third-order valence-corrected chi connectivity index (χ3v) is 14.7. The van der Waals surface area contributed by atoms with Crippen molar-refractivity contribution in [3.63, 3.8) is 0 Å². The molecule has 6 nitrogen and oxygen atoms in total. The summed E-state index contributed by atoms with van der Waals surface area (Å²) >= 11 is 0. The molecule has 81 heavy (non-hydrogen) atoms. The van der Waals surface area contributed by atoms with Gasteiger partial charge in [0.05, 0.1) is 0 Å². The molecule has 1 atom stereocenters. The number of hydrogen-bond donors (Lipinski definition) is 0. The van der Waals surface area contributed by atoms with E-state index in [1.54, 1.807) is 0 Å². The van der Waals surface area contributed by atoms with Crippen molar-refractivity contribution in [1.82, 2.24) is 0 Å². The summed E-state index contributed by atoms with van der Waals surface area (Å²) in [6.45, 7) is 6.36. The first-order valence-electron chi connectivity index (χ1n) is 34.4. The fourth-order valence-corrected chi connectivity index (χ4v) is 9.66. The van der Waals surface area contributed by atoms with Crippen LogP contribution in [0.15, 0.2) is 109 Å². The van der Waals surface area contributed by atoms with Crippen LogP contribution in [0.3, 0.4) is 0 Å². The second kappa shape index (κ2) is 68.6. The Labute approximate surface area is 501 Å². The molecule has 0 aliphatic rings. The molecule has 0 bridgehead atoms. The third kappa shape index (κ3) is 66.8. The van der Waals surface area contributed by atoms with E-state index < -0.39 is 6.10 Å². The van der Waals surface area contributed by atoms with Gasteiger partial charge in [-0.2, -0.15) is 0 Å². The summed E-state index contributed by atoms with van der Waals surface area (Å²) in [4.78, 5) is 38.3. The maximum absolute atomic E-state index is 12.9. The Hall–Kier alpha value is -3.93. The summed E-state index contributed by atoms with van der Waals surface area (Å²) in [7, 11) is 0. The van der Waals surface area contributed by atoms with Gasteiger partial charge in [0.2, 0.25) is 0 Å². The molecule has 0 aliphatic carbocycles. The monoisotopic (exact) mass is 1120 g/mol. The second-order valence-electron chi connectivity index (χ2n) is 22.7. The van der Waals surface area contributed by atoms with Crippen molar-refractivity contribution in [1.29, 1.82) is 0 Å². The standard InChI is InChI=1S/C75H128O6/c1-4-7-10-13-16-19-22-25-28-29-30-31-32-33-34-35-36-37-38-39-40-41-42-43-44-45-48-50-53-56-59-62-65-68-74(77)80-71-72(81-75(78)69-66-63-60-57-54-51-47-27-24-21-18-15-12-9-6-3)70-79-73(76)67-64-61-58-55-52-49-46-26-23-20-17-14-11-8-5-2/h8-9,11-12,17-18,20-21,26-27,29-30,46-47,52,54-55,57,72H,4-7,10,13-16,19,22-25,28,31-45,48-51,53,56,58-71H2,1-3H3/b11-8-,12-9-,20-17-,21-18-,30-29-,46-26-,47-27-,55-52-,57-54-. The number of rotatable bonds is 62. The average molecular weight is 1130 g/mol. The molecular formula is C75H128O6. The largest absolute Gasteiger partial charge is 0.462 e. The maximum atomic E-state index is 12.9. The topological polar surface area (TPSA) is 78.9 Å². The number of esters is 3. The first kappa shape index (κ1) is 77.1. The third-order valence-electron chi connectivity index (χ3n) is 14.7. The number of hydrogen-bond acceptors (Lipinski definition) is 6. The molecule has 0 aromatic rings. The molecule has 0 heterocycles. The van der Waals surface area contributed by atoms with Crippen molar-refractivity contribution in [2.75, 3.05) is 13.2 Å². The molecule has 0 saturated carbocycles. The molecule has 464 valence electrons. The Morgan fingerprint density at radius 1 is 0.259 bits per heavy atom. The van der Waals surface area contributed by atoms with Gasteiger partial charge in [0, 0.05) is 19.3 Å². The Morgan fingerprint density at radius 2 is 0.481 bits per heavy atom. The molecule has 0 radical (unpaired) electrons. The van der Waals surface area contributed by atoms with Crippen LogP contribution in [0.2, 0.25) is 0 Å². The lowest BCUT2D eigenvalue weighted by Gasteiger charge is -2.18. The van der Waals surface area contributed by atoms with Crippen LogP contribution in [0.1, 0.15) is 329 Å². The zero-order valence-electron chi connectivity index (χ0n) is 53.3. The van der Waals surface area contributed by atoms with E-state index in [1.807, 2.05) is 0 Å². The van der Waals surface area contributed by atoms with E-state index in [2.05, 4.69) is 130 Å². The molecule has 0 aliphatic heterocycles. The van der Waals surface area contributed by atoms with Crippen molar-refractivity contribution in [3.8, 4) is 0 Å². The van der Waals surface area contributed by atoms with Crippen molar-refractivity contribution in [2.24, 2.45) is 0 Å². The van der Waals surface area contributed by atoms with Gasteiger partial charge in [0.1, 0.15) is 13.2 Å². The molecule has 0 spiro atoms. The van der Waals surface area contributed by atoms with Crippen LogP contribution in [0.25, 0.3) is 0 Å². The van der Waals surface area contributed by atoms with Crippen LogP contribution in [-0.4, -0.2) is 37.2 Å². The van der Waals surface area contributed by atoms with Crippen molar-refractivity contribution in [2.45, 2.75) is 335 Å². The molecule has 0 aromatic heterocycles. The van der Waals surface area contributed by atoms with Gasteiger partial charge in [-0.15, -0.1) is 0 Å². The zero-order valence-corrected chi connectivity index (χ0v) is 53.3. The highest BCUT2D eigenvalue weighted by Gasteiger charge is 2.19. The number of carbonyl (C=O) groups is 3. The van der Waals surface area contributed by atoms with E-state index in [0.29, 0.717) is 25.7 Å². The molecule has 0 rings (SSSR count). The Bertz CT molecular complexity index is 1620. The Balaban J connectivity index is 4.20. The van der Waals surface area contributed by atoms with E-state index in [4.69, 9.17) is 14.2 Å². The minimum atomic E-state index is -0.819. The summed E-state index contributed by atoms with van der Waals surface area (Å²) in [5.41, 5.74) is 0. The van der Waals surface area contributed by atoms with E-state index >= 15 is 0 Å². The van der Waals surface area contributed by atoms with Gasteiger partial charge in [-0.25, -0.2) is 0 Å². The van der Waals surface area contributed by atoms with E-state index in [-0.39, 0.29) is 37.5 Å². The lowest BCUT2D eigenvalue weighted by atomic mass is 10.0. The van der Waals surface area contributed by atoms with E-state index in [9.17, 15) is 14.4 Å². The van der Waals surface area contributed by atoms with E-state index in [1.165, 1.54) is 180 Å². The van der Waals surface area contributed by atoms with Crippen LogP contribution in [-0.2, 0) is 28.6 Å². The van der Waals surface area contributed by atoms with Crippen LogP contribution >= 0.6 is 0 Å². The van der Waals surface area contributed by atoms with Gasteiger partial charge in [-0.05, 0) is 122 Å².